The number of carbonyl (C=O) groups is 1. The molecule has 3 aromatic carbocycles. The summed E-state index contributed by atoms with van der Waals surface area (Å²) in [4.78, 5) is 12.3. The summed E-state index contributed by atoms with van der Waals surface area (Å²) in [7, 11) is -2.58. The number of hydrogen-bond donors (Lipinski definition) is 0. The van der Waals surface area contributed by atoms with Gasteiger partial charge in [-0.2, -0.15) is 0 Å². The number of methoxy groups -OCH3 is 1. The van der Waals surface area contributed by atoms with Gasteiger partial charge in [-0.25, -0.2) is 12.4 Å². The average Bonchev–Trinajstić information content (AvgIpc) is 3.50. The molecule has 0 bridgehead atoms. The van der Waals surface area contributed by atoms with Gasteiger partial charge in [-0.15, -0.1) is 11.3 Å². The second-order valence-electron chi connectivity index (χ2n) is 9.53. The van der Waals surface area contributed by atoms with Crippen molar-refractivity contribution >= 4 is 49.8 Å². The molecule has 2 atom stereocenters. The van der Waals surface area contributed by atoms with Gasteiger partial charge in [-0.05, 0) is 60.5 Å². The zero-order valence-corrected chi connectivity index (χ0v) is 23.1. The van der Waals surface area contributed by atoms with Crippen LogP contribution in [-0.4, -0.2) is 25.5 Å². The van der Waals surface area contributed by atoms with Gasteiger partial charge in [0.05, 0.1) is 29.1 Å². The minimum Gasteiger partial charge on any atom is -0.469 e. The monoisotopic (exact) mass is 561 g/mol. The van der Waals surface area contributed by atoms with Crippen molar-refractivity contribution in [2.24, 2.45) is 5.92 Å². The van der Waals surface area contributed by atoms with Crippen LogP contribution in [0.15, 0.2) is 89.1 Å². The van der Waals surface area contributed by atoms with E-state index in [2.05, 4.69) is 0 Å². The largest absolute Gasteiger partial charge is 0.469 e. The van der Waals surface area contributed by atoms with Crippen LogP contribution in [0.25, 0.3) is 33.3 Å². The lowest BCUT2D eigenvalue weighted by molar-refractivity contribution is -0.142. The Labute approximate surface area is 230 Å². The van der Waals surface area contributed by atoms with Gasteiger partial charge in [0.25, 0.3) is 10.0 Å². The van der Waals surface area contributed by atoms with Crippen molar-refractivity contribution in [2.75, 3.05) is 7.11 Å². The predicted molar refractivity (Wildman–Crippen MR) is 152 cm³/mol. The first-order valence-electron chi connectivity index (χ1n) is 12.2. The molecule has 192 valence electrons. The smallest absolute Gasteiger partial charge is 0.309 e. The summed E-state index contributed by atoms with van der Waals surface area (Å²) in [6.45, 7) is 1.93. The highest BCUT2D eigenvalue weighted by Crippen LogP contribution is 2.50. The summed E-state index contributed by atoms with van der Waals surface area (Å²) >= 11 is 8.07. The molecule has 5 nitrogen and oxygen atoms in total. The number of hydrogen-bond acceptors (Lipinski definition) is 5. The summed E-state index contributed by atoms with van der Waals surface area (Å²) < 4.78 is 35.6. The Morgan fingerprint density at radius 3 is 2.50 bits per heavy atom. The summed E-state index contributed by atoms with van der Waals surface area (Å²) in [5.41, 5.74) is 5.36. The number of ether oxygens (including phenoxy) is 1. The Morgan fingerprint density at radius 1 is 1.03 bits per heavy atom. The first-order chi connectivity index (χ1) is 18.3. The van der Waals surface area contributed by atoms with Crippen LogP contribution in [0, 0.1) is 12.8 Å². The zero-order chi connectivity index (χ0) is 26.6. The molecule has 8 heteroatoms. The quantitative estimate of drug-likeness (QED) is 0.201. The number of thiophene rings is 1. The summed E-state index contributed by atoms with van der Waals surface area (Å²) in [5, 5.41) is 2.70. The Morgan fingerprint density at radius 2 is 1.79 bits per heavy atom. The fraction of sp³-hybridized carbons (Fsp3) is 0.167. The van der Waals surface area contributed by atoms with E-state index in [0.717, 1.165) is 33.2 Å². The van der Waals surface area contributed by atoms with Crippen molar-refractivity contribution in [3.8, 4) is 22.4 Å². The minimum absolute atomic E-state index is 0.0436. The zero-order valence-electron chi connectivity index (χ0n) is 20.7. The Bertz CT molecular complexity index is 1800. The third-order valence-corrected chi connectivity index (χ3v) is 10.1. The molecule has 0 N–H and O–H groups in total. The number of fused-ring (bicyclic) bond motifs is 1. The number of benzene rings is 3. The molecule has 0 amide bonds. The van der Waals surface area contributed by atoms with Crippen molar-refractivity contribution in [3.63, 3.8) is 0 Å². The summed E-state index contributed by atoms with van der Waals surface area (Å²) in [6, 6.07) is 24.1. The molecule has 5 aromatic rings. The molecule has 1 fully saturated rings. The standard InChI is InChI=1S/C30H24ClNO4S2/c1-18-10-12-21(13-11-18)38(34,35)32-26-9-4-3-8-22(26)27(23-14-15-37-29(23)31)28(32)20-7-5-6-19(16-20)24-17-25(24)30(33)36-2/h3-16,24-25H,17H2,1-2H3. The van der Waals surface area contributed by atoms with Gasteiger partial charge in [-0.3, -0.25) is 4.79 Å². The SMILES string of the molecule is COC(=O)C1CC1c1cccc(-c2c(-c3ccsc3Cl)c3ccccc3n2S(=O)(=O)c2ccc(C)cc2)c1. The van der Waals surface area contributed by atoms with E-state index >= 15 is 0 Å². The average molecular weight is 562 g/mol. The number of rotatable bonds is 6. The van der Waals surface area contributed by atoms with E-state index in [4.69, 9.17) is 16.3 Å². The van der Waals surface area contributed by atoms with Gasteiger partial charge in [0.15, 0.2) is 0 Å². The lowest BCUT2D eigenvalue weighted by Crippen LogP contribution is -2.14. The van der Waals surface area contributed by atoms with E-state index in [9.17, 15) is 13.2 Å². The van der Waals surface area contributed by atoms with Crippen molar-refractivity contribution in [3.05, 3.63) is 99.7 Å². The highest BCUT2D eigenvalue weighted by Gasteiger charge is 2.45. The normalized spacial score (nSPS) is 17.0. The van der Waals surface area contributed by atoms with Crippen molar-refractivity contribution in [1.29, 1.82) is 0 Å². The van der Waals surface area contributed by atoms with Crippen molar-refractivity contribution in [1.82, 2.24) is 3.97 Å². The molecule has 0 radical (unpaired) electrons. The van der Waals surface area contributed by atoms with Crippen molar-refractivity contribution < 1.29 is 17.9 Å². The molecule has 6 rings (SSSR count). The first kappa shape index (κ1) is 24.9. The van der Waals surface area contributed by atoms with Crippen LogP contribution in [0.5, 0.6) is 0 Å². The highest BCUT2D eigenvalue weighted by atomic mass is 35.5. The first-order valence-corrected chi connectivity index (χ1v) is 14.9. The van der Waals surface area contributed by atoms with Crippen LogP contribution < -0.4 is 0 Å². The molecule has 0 saturated heterocycles. The second-order valence-corrected chi connectivity index (χ2v) is 12.8. The number of carbonyl (C=O) groups excluding carboxylic acids is 1. The molecule has 2 unspecified atom stereocenters. The van der Waals surface area contributed by atoms with E-state index in [0.29, 0.717) is 22.0 Å². The van der Waals surface area contributed by atoms with Gasteiger partial charge in [0.1, 0.15) is 4.34 Å². The molecule has 0 aliphatic heterocycles. The van der Waals surface area contributed by atoms with Crippen LogP contribution in [-0.2, 0) is 19.6 Å². The van der Waals surface area contributed by atoms with Gasteiger partial charge in [-0.1, -0.05) is 65.7 Å². The number of aryl methyl sites for hydroxylation is 1. The molecule has 38 heavy (non-hydrogen) atoms. The van der Waals surface area contributed by atoms with E-state index in [1.807, 2.05) is 66.9 Å². The molecular weight excluding hydrogens is 538 g/mol. The topological polar surface area (TPSA) is 65.4 Å². The summed E-state index contributed by atoms with van der Waals surface area (Å²) in [5.74, 6) is -0.354. The Hall–Kier alpha value is -3.39. The van der Waals surface area contributed by atoms with Crippen LogP contribution in [0.3, 0.4) is 0 Å². The number of halogens is 1. The predicted octanol–water partition coefficient (Wildman–Crippen LogP) is 7.51. The fourth-order valence-corrected chi connectivity index (χ4v) is 7.65. The maximum absolute atomic E-state index is 14.3. The second kappa shape index (κ2) is 9.42. The fourth-order valence-electron chi connectivity index (χ4n) is 5.18. The Kier molecular flexibility index (Phi) is 6.17. The third-order valence-electron chi connectivity index (χ3n) is 7.16. The molecule has 1 aliphatic carbocycles. The molecule has 1 aliphatic rings. The van der Waals surface area contributed by atoms with Crippen LogP contribution in [0.1, 0.15) is 23.5 Å². The Balaban J connectivity index is 1.65. The van der Waals surface area contributed by atoms with E-state index < -0.39 is 10.0 Å². The molecule has 0 spiro atoms. The maximum atomic E-state index is 14.3. The van der Waals surface area contributed by atoms with Crippen LogP contribution in [0.4, 0.5) is 0 Å². The minimum atomic E-state index is -3.99. The van der Waals surface area contributed by atoms with E-state index in [1.54, 1.807) is 24.3 Å². The molecular formula is C30H24ClNO4S2. The lowest BCUT2D eigenvalue weighted by Gasteiger charge is -2.15. The van der Waals surface area contributed by atoms with Crippen molar-refractivity contribution in [2.45, 2.75) is 24.2 Å². The third kappa shape index (κ3) is 4.06. The number of aromatic nitrogens is 1. The van der Waals surface area contributed by atoms with Crippen LogP contribution >= 0.6 is 22.9 Å². The highest BCUT2D eigenvalue weighted by molar-refractivity contribution is 7.90. The van der Waals surface area contributed by atoms with E-state index in [1.165, 1.54) is 22.4 Å². The maximum Gasteiger partial charge on any atom is 0.309 e. The molecule has 2 heterocycles. The number of nitrogens with zero attached hydrogens (tertiary/aromatic N) is 1. The number of para-hydroxylation sites is 1. The van der Waals surface area contributed by atoms with Gasteiger partial charge < -0.3 is 4.74 Å². The lowest BCUT2D eigenvalue weighted by atomic mass is 9.98. The molecule has 1 saturated carbocycles. The van der Waals surface area contributed by atoms with Gasteiger partial charge in [0, 0.05) is 22.1 Å². The van der Waals surface area contributed by atoms with Gasteiger partial charge >= 0.3 is 5.97 Å². The van der Waals surface area contributed by atoms with E-state index in [-0.39, 0.29) is 22.7 Å². The van der Waals surface area contributed by atoms with Crippen LogP contribution in [0.2, 0.25) is 4.34 Å². The summed E-state index contributed by atoms with van der Waals surface area (Å²) in [6.07, 6.45) is 0.712. The van der Waals surface area contributed by atoms with Gasteiger partial charge in [0.2, 0.25) is 0 Å². The molecule has 2 aromatic heterocycles. The number of esters is 1.